The van der Waals surface area contributed by atoms with Crippen LogP contribution in [0.5, 0.6) is 5.75 Å². The number of nitrogens with zero attached hydrogens (tertiary/aromatic N) is 4. The zero-order chi connectivity index (χ0) is 22.6. The zero-order valence-electron chi connectivity index (χ0n) is 18.3. The molecule has 1 saturated heterocycles. The molecule has 1 aliphatic heterocycles. The molecule has 0 atom stereocenters. The van der Waals surface area contributed by atoms with Gasteiger partial charge in [-0.15, -0.1) is 0 Å². The first-order valence-electron chi connectivity index (χ1n) is 10.9. The summed E-state index contributed by atoms with van der Waals surface area (Å²) in [6.07, 6.45) is 1.65. The van der Waals surface area contributed by atoms with Crippen LogP contribution in [-0.4, -0.2) is 49.3 Å². The number of fused-ring (bicyclic) bond motifs is 1. The van der Waals surface area contributed by atoms with Crippen LogP contribution in [0.25, 0.3) is 22.3 Å². The molecule has 1 aliphatic rings. The molecule has 5 rings (SSSR count). The van der Waals surface area contributed by atoms with Gasteiger partial charge in [-0.1, -0.05) is 42.5 Å². The van der Waals surface area contributed by atoms with E-state index >= 15 is 0 Å². The average Bonchev–Trinajstić information content (AvgIpc) is 2.89. The van der Waals surface area contributed by atoms with Crippen molar-refractivity contribution in [2.45, 2.75) is 0 Å². The van der Waals surface area contributed by atoms with E-state index in [4.69, 9.17) is 14.5 Å². The number of benzene rings is 3. The molecule has 0 amide bonds. The summed E-state index contributed by atoms with van der Waals surface area (Å²) in [5.74, 6) is 1.17. The minimum Gasteiger partial charge on any atom is -0.496 e. The van der Waals surface area contributed by atoms with Crippen LogP contribution >= 0.6 is 0 Å². The Balaban J connectivity index is 1.58. The SMILES string of the molecule is COc1cc(N2CCOCC2)ccc1C=Nn1c(-c2ccccc2)nc2ccccc2c1=O. The van der Waals surface area contributed by atoms with E-state index in [0.29, 0.717) is 35.7 Å². The Morgan fingerprint density at radius 2 is 1.76 bits per heavy atom. The average molecular weight is 441 g/mol. The lowest BCUT2D eigenvalue weighted by atomic mass is 10.1. The summed E-state index contributed by atoms with van der Waals surface area (Å²) in [6, 6.07) is 22.9. The molecule has 0 radical (unpaired) electrons. The van der Waals surface area contributed by atoms with Crippen LogP contribution in [-0.2, 0) is 4.74 Å². The predicted octanol–water partition coefficient (Wildman–Crippen LogP) is 3.79. The van der Waals surface area contributed by atoms with Gasteiger partial charge in [0.25, 0.3) is 5.56 Å². The number of ether oxygens (including phenoxy) is 2. The van der Waals surface area contributed by atoms with Crippen molar-refractivity contribution in [1.82, 2.24) is 9.66 Å². The summed E-state index contributed by atoms with van der Waals surface area (Å²) in [6.45, 7) is 3.11. The molecule has 166 valence electrons. The van der Waals surface area contributed by atoms with E-state index in [1.807, 2.05) is 66.7 Å². The molecule has 33 heavy (non-hydrogen) atoms. The van der Waals surface area contributed by atoms with Gasteiger partial charge in [0.15, 0.2) is 5.82 Å². The van der Waals surface area contributed by atoms with Crippen molar-refractivity contribution in [3.8, 4) is 17.1 Å². The van der Waals surface area contributed by atoms with Crippen molar-refractivity contribution in [3.05, 3.63) is 88.7 Å². The molecule has 7 heteroatoms. The second-order valence-electron chi connectivity index (χ2n) is 7.71. The Morgan fingerprint density at radius 1 is 1.00 bits per heavy atom. The molecule has 1 aromatic heterocycles. The van der Waals surface area contributed by atoms with Crippen molar-refractivity contribution < 1.29 is 9.47 Å². The number of aromatic nitrogens is 2. The minimum absolute atomic E-state index is 0.223. The van der Waals surface area contributed by atoms with E-state index in [0.717, 1.165) is 29.9 Å². The molecule has 0 bridgehead atoms. The second kappa shape index (κ2) is 9.26. The summed E-state index contributed by atoms with van der Waals surface area (Å²) >= 11 is 0. The quantitative estimate of drug-likeness (QED) is 0.442. The Hall–Kier alpha value is -3.97. The van der Waals surface area contributed by atoms with Gasteiger partial charge in [-0.3, -0.25) is 4.79 Å². The molecule has 0 N–H and O–H groups in total. The van der Waals surface area contributed by atoms with Gasteiger partial charge in [-0.2, -0.15) is 9.78 Å². The Morgan fingerprint density at radius 3 is 2.55 bits per heavy atom. The second-order valence-corrected chi connectivity index (χ2v) is 7.71. The van der Waals surface area contributed by atoms with Gasteiger partial charge in [0, 0.05) is 36.0 Å². The molecule has 0 unspecified atom stereocenters. The Bertz CT molecular complexity index is 1360. The van der Waals surface area contributed by atoms with Gasteiger partial charge in [0.2, 0.25) is 0 Å². The molecule has 0 aliphatic carbocycles. The summed E-state index contributed by atoms with van der Waals surface area (Å²) in [5, 5.41) is 5.07. The first kappa shape index (κ1) is 20.9. The van der Waals surface area contributed by atoms with Gasteiger partial charge in [0.1, 0.15) is 5.75 Å². The number of rotatable bonds is 5. The van der Waals surface area contributed by atoms with E-state index in [1.54, 1.807) is 19.4 Å². The fourth-order valence-electron chi connectivity index (χ4n) is 3.95. The highest BCUT2D eigenvalue weighted by atomic mass is 16.5. The van der Waals surface area contributed by atoms with E-state index in [-0.39, 0.29) is 5.56 Å². The van der Waals surface area contributed by atoms with E-state index in [9.17, 15) is 4.79 Å². The molecular weight excluding hydrogens is 416 g/mol. The van der Waals surface area contributed by atoms with Gasteiger partial charge < -0.3 is 14.4 Å². The standard InChI is InChI=1S/C26H24N4O3/c1-32-24-17-21(29-13-15-33-16-14-29)12-11-20(24)18-27-30-25(19-7-3-2-4-8-19)28-23-10-6-5-9-22(23)26(30)31/h2-12,17-18H,13-16H2,1H3. The van der Waals surface area contributed by atoms with Crippen molar-refractivity contribution in [2.24, 2.45) is 5.10 Å². The van der Waals surface area contributed by atoms with E-state index in [1.165, 1.54) is 4.68 Å². The summed E-state index contributed by atoms with van der Waals surface area (Å²) in [4.78, 5) is 20.3. The lowest BCUT2D eigenvalue weighted by molar-refractivity contribution is 0.122. The minimum atomic E-state index is -0.223. The molecule has 0 saturated carbocycles. The summed E-state index contributed by atoms with van der Waals surface area (Å²) in [7, 11) is 1.63. The first-order chi connectivity index (χ1) is 16.2. The van der Waals surface area contributed by atoms with Crippen LogP contribution in [0.2, 0.25) is 0 Å². The molecule has 1 fully saturated rings. The largest absolute Gasteiger partial charge is 0.496 e. The van der Waals surface area contributed by atoms with E-state index in [2.05, 4.69) is 10.0 Å². The first-order valence-corrected chi connectivity index (χ1v) is 10.9. The predicted molar refractivity (Wildman–Crippen MR) is 130 cm³/mol. The zero-order valence-corrected chi connectivity index (χ0v) is 18.3. The molecule has 2 heterocycles. The topological polar surface area (TPSA) is 69.0 Å². The molecule has 0 spiro atoms. The maximum atomic E-state index is 13.3. The highest BCUT2D eigenvalue weighted by Gasteiger charge is 2.14. The van der Waals surface area contributed by atoms with Crippen molar-refractivity contribution >= 4 is 22.8 Å². The number of hydrogen-bond acceptors (Lipinski definition) is 6. The third-order valence-electron chi connectivity index (χ3n) is 5.69. The van der Waals surface area contributed by atoms with Crippen LogP contribution in [0.3, 0.4) is 0 Å². The normalized spacial score (nSPS) is 14.2. The third kappa shape index (κ3) is 4.23. The fraction of sp³-hybridized carbons (Fsp3) is 0.192. The van der Waals surface area contributed by atoms with Crippen LogP contribution in [0, 0.1) is 0 Å². The molecular formula is C26H24N4O3. The van der Waals surface area contributed by atoms with Crippen LogP contribution in [0.15, 0.2) is 82.7 Å². The van der Waals surface area contributed by atoms with Gasteiger partial charge in [-0.25, -0.2) is 4.98 Å². The lowest BCUT2D eigenvalue weighted by Gasteiger charge is -2.29. The van der Waals surface area contributed by atoms with Gasteiger partial charge >= 0.3 is 0 Å². The number of para-hydroxylation sites is 1. The number of morpholine rings is 1. The van der Waals surface area contributed by atoms with Gasteiger partial charge in [0.05, 0.1) is 37.4 Å². The Labute approximate surface area is 191 Å². The number of anilines is 1. The molecule has 7 nitrogen and oxygen atoms in total. The van der Waals surface area contributed by atoms with Gasteiger partial charge in [-0.05, 0) is 24.3 Å². The smallest absolute Gasteiger partial charge is 0.282 e. The van der Waals surface area contributed by atoms with E-state index < -0.39 is 0 Å². The van der Waals surface area contributed by atoms with Crippen molar-refractivity contribution in [3.63, 3.8) is 0 Å². The summed E-state index contributed by atoms with van der Waals surface area (Å²) < 4.78 is 12.4. The van der Waals surface area contributed by atoms with Crippen LogP contribution in [0.4, 0.5) is 5.69 Å². The maximum Gasteiger partial charge on any atom is 0.282 e. The molecule has 4 aromatic rings. The maximum absolute atomic E-state index is 13.3. The monoisotopic (exact) mass is 440 g/mol. The van der Waals surface area contributed by atoms with Crippen molar-refractivity contribution in [1.29, 1.82) is 0 Å². The van der Waals surface area contributed by atoms with Crippen molar-refractivity contribution in [2.75, 3.05) is 38.3 Å². The number of methoxy groups -OCH3 is 1. The fourth-order valence-corrected chi connectivity index (χ4v) is 3.95. The third-order valence-corrected chi connectivity index (χ3v) is 5.69. The number of hydrogen-bond donors (Lipinski definition) is 0. The molecule has 3 aromatic carbocycles. The Kier molecular flexibility index (Phi) is 5.87. The highest BCUT2D eigenvalue weighted by Crippen LogP contribution is 2.26. The lowest BCUT2D eigenvalue weighted by Crippen LogP contribution is -2.36. The highest BCUT2D eigenvalue weighted by molar-refractivity contribution is 5.85. The van der Waals surface area contributed by atoms with Crippen LogP contribution in [0.1, 0.15) is 5.56 Å². The summed E-state index contributed by atoms with van der Waals surface area (Å²) in [5.41, 5.74) is 3.07. The van der Waals surface area contributed by atoms with Crippen LogP contribution < -0.4 is 15.2 Å².